The lowest BCUT2D eigenvalue weighted by molar-refractivity contribution is -0.135. The van der Waals surface area contributed by atoms with E-state index in [1.807, 2.05) is 29.2 Å². The summed E-state index contributed by atoms with van der Waals surface area (Å²) in [5.41, 5.74) is 2.21. The molecule has 1 aliphatic rings. The number of para-hydroxylation sites is 2. The van der Waals surface area contributed by atoms with Gasteiger partial charge in [-0.3, -0.25) is 9.69 Å². The SMILES string of the molecule is CC(C)c1ccccc1OCC(=O)N1CCN(Cc2nc3ccccc3s2)CC1. The van der Waals surface area contributed by atoms with Crippen LogP contribution in [0.4, 0.5) is 0 Å². The van der Waals surface area contributed by atoms with E-state index in [1.165, 1.54) is 4.70 Å². The van der Waals surface area contributed by atoms with Gasteiger partial charge in [0, 0.05) is 26.2 Å². The minimum atomic E-state index is 0.0585. The van der Waals surface area contributed by atoms with Gasteiger partial charge in [-0.05, 0) is 29.7 Å². The quantitative estimate of drug-likeness (QED) is 0.614. The molecular formula is C23H27N3O2S. The van der Waals surface area contributed by atoms with Gasteiger partial charge in [-0.2, -0.15) is 0 Å². The smallest absolute Gasteiger partial charge is 0.260 e. The molecule has 0 atom stereocenters. The summed E-state index contributed by atoms with van der Waals surface area (Å²) in [7, 11) is 0. The Morgan fingerprint density at radius 3 is 2.55 bits per heavy atom. The van der Waals surface area contributed by atoms with E-state index in [4.69, 9.17) is 9.72 Å². The van der Waals surface area contributed by atoms with Crippen LogP contribution < -0.4 is 4.74 Å². The molecule has 0 unspecified atom stereocenters. The van der Waals surface area contributed by atoms with Crippen LogP contribution in [0, 0.1) is 0 Å². The Morgan fingerprint density at radius 2 is 1.79 bits per heavy atom. The standard InChI is InChI=1S/C23H27N3O2S/c1-17(2)18-7-3-5-9-20(18)28-16-23(27)26-13-11-25(12-14-26)15-22-24-19-8-4-6-10-21(19)29-22/h3-10,17H,11-16H2,1-2H3. The van der Waals surface area contributed by atoms with Crippen molar-refractivity contribution in [3.8, 4) is 5.75 Å². The average Bonchev–Trinajstić information content (AvgIpc) is 3.15. The fraction of sp³-hybridized carbons (Fsp3) is 0.391. The van der Waals surface area contributed by atoms with Crippen LogP contribution >= 0.6 is 11.3 Å². The van der Waals surface area contributed by atoms with Crippen molar-refractivity contribution in [3.05, 3.63) is 59.1 Å². The second-order valence-corrected chi connectivity index (χ2v) is 8.83. The number of carbonyl (C=O) groups excluding carboxylic acids is 1. The number of piperazine rings is 1. The minimum absolute atomic E-state index is 0.0585. The first-order chi connectivity index (χ1) is 14.1. The summed E-state index contributed by atoms with van der Waals surface area (Å²) >= 11 is 1.75. The van der Waals surface area contributed by atoms with Crippen molar-refractivity contribution in [1.29, 1.82) is 0 Å². The van der Waals surface area contributed by atoms with Crippen LogP contribution in [0.25, 0.3) is 10.2 Å². The van der Waals surface area contributed by atoms with Crippen molar-refractivity contribution < 1.29 is 9.53 Å². The van der Waals surface area contributed by atoms with Gasteiger partial charge in [0.05, 0.1) is 16.8 Å². The number of benzene rings is 2. The summed E-state index contributed by atoms with van der Waals surface area (Å²) < 4.78 is 7.09. The highest BCUT2D eigenvalue weighted by molar-refractivity contribution is 7.18. The topological polar surface area (TPSA) is 45.7 Å². The van der Waals surface area contributed by atoms with E-state index in [9.17, 15) is 4.79 Å². The molecule has 0 bridgehead atoms. The number of thiazole rings is 1. The number of rotatable bonds is 6. The van der Waals surface area contributed by atoms with Gasteiger partial charge in [0.1, 0.15) is 10.8 Å². The second kappa shape index (κ2) is 8.93. The molecule has 2 heterocycles. The molecule has 0 radical (unpaired) electrons. The number of hydrogen-bond donors (Lipinski definition) is 0. The predicted octanol–water partition coefficient (Wildman–Crippen LogP) is 4.14. The summed E-state index contributed by atoms with van der Waals surface area (Å²) in [5, 5.41) is 1.14. The van der Waals surface area contributed by atoms with Crippen molar-refractivity contribution in [1.82, 2.24) is 14.8 Å². The summed E-state index contributed by atoms with van der Waals surface area (Å²) in [6, 6.07) is 16.2. The molecule has 1 aromatic heterocycles. The van der Waals surface area contributed by atoms with E-state index in [-0.39, 0.29) is 12.5 Å². The van der Waals surface area contributed by atoms with E-state index in [2.05, 4.69) is 43.0 Å². The van der Waals surface area contributed by atoms with Crippen LogP contribution in [0.2, 0.25) is 0 Å². The van der Waals surface area contributed by atoms with Crippen LogP contribution in [0.5, 0.6) is 5.75 Å². The molecule has 0 aliphatic carbocycles. The van der Waals surface area contributed by atoms with Crippen LogP contribution in [-0.2, 0) is 11.3 Å². The van der Waals surface area contributed by atoms with E-state index >= 15 is 0 Å². The lowest BCUT2D eigenvalue weighted by Gasteiger charge is -2.34. The number of fused-ring (bicyclic) bond motifs is 1. The summed E-state index contributed by atoms with van der Waals surface area (Å²) in [4.78, 5) is 21.6. The molecule has 0 saturated carbocycles. The molecule has 1 fully saturated rings. The molecule has 5 nitrogen and oxygen atoms in total. The lowest BCUT2D eigenvalue weighted by atomic mass is 10.0. The van der Waals surface area contributed by atoms with Crippen LogP contribution in [0.3, 0.4) is 0 Å². The normalized spacial score (nSPS) is 15.2. The van der Waals surface area contributed by atoms with Gasteiger partial charge in [0.2, 0.25) is 0 Å². The second-order valence-electron chi connectivity index (χ2n) is 7.71. The predicted molar refractivity (Wildman–Crippen MR) is 118 cm³/mol. The van der Waals surface area contributed by atoms with Gasteiger partial charge < -0.3 is 9.64 Å². The molecule has 4 rings (SSSR count). The minimum Gasteiger partial charge on any atom is -0.483 e. The molecule has 29 heavy (non-hydrogen) atoms. The monoisotopic (exact) mass is 409 g/mol. The largest absolute Gasteiger partial charge is 0.483 e. The number of aromatic nitrogens is 1. The van der Waals surface area contributed by atoms with Gasteiger partial charge in [0.15, 0.2) is 6.61 Å². The first-order valence-electron chi connectivity index (χ1n) is 10.2. The fourth-order valence-corrected chi connectivity index (χ4v) is 4.66. The Kier molecular flexibility index (Phi) is 6.11. The maximum Gasteiger partial charge on any atom is 0.260 e. The molecule has 2 aromatic carbocycles. The van der Waals surface area contributed by atoms with Gasteiger partial charge in [-0.15, -0.1) is 11.3 Å². The number of hydrogen-bond acceptors (Lipinski definition) is 5. The van der Waals surface area contributed by atoms with Gasteiger partial charge >= 0.3 is 0 Å². The highest BCUT2D eigenvalue weighted by atomic mass is 32.1. The Labute approximate surface area is 175 Å². The first kappa shape index (κ1) is 19.9. The van der Waals surface area contributed by atoms with Crippen LogP contribution in [0.15, 0.2) is 48.5 Å². The molecule has 3 aromatic rings. The molecular weight excluding hydrogens is 382 g/mol. The molecule has 1 saturated heterocycles. The van der Waals surface area contributed by atoms with Gasteiger partial charge in [0.25, 0.3) is 5.91 Å². The fourth-order valence-electron chi connectivity index (χ4n) is 3.65. The molecule has 152 valence electrons. The maximum absolute atomic E-state index is 12.6. The zero-order valence-corrected chi connectivity index (χ0v) is 17.8. The third kappa shape index (κ3) is 4.77. The number of nitrogens with zero attached hydrogens (tertiary/aromatic N) is 3. The summed E-state index contributed by atoms with van der Waals surface area (Å²) in [6.45, 7) is 8.41. The van der Waals surface area contributed by atoms with Crippen molar-refractivity contribution in [2.45, 2.75) is 26.3 Å². The van der Waals surface area contributed by atoms with Crippen molar-refractivity contribution in [2.24, 2.45) is 0 Å². The maximum atomic E-state index is 12.6. The highest BCUT2D eigenvalue weighted by Crippen LogP contribution is 2.26. The number of ether oxygens (including phenoxy) is 1. The third-order valence-corrected chi connectivity index (χ3v) is 6.34. The highest BCUT2D eigenvalue weighted by Gasteiger charge is 2.22. The Morgan fingerprint density at radius 1 is 1.07 bits per heavy atom. The molecule has 1 aliphatic heterocycles. The molecule has 0 N–H and O–H groups in total. The number of carbonyl (C=O) groups is 1. The molecule has 6 heteroatoms. The summed E-state index contributed by atoms with van der Waals surface area (Å²) in [6.07, 6.45) is 0. The van der Waals surface area contributed by atoms with Crippen molar-refractivity contribution in [3.63, 3.8) is 0 Å². The van der Waals surface area contributed by atoms with Crippen LogP contribution in [0.1, 0.15) is 30.3 Å². The molecule has 0 spiro atoms. The van der Waals surface area contributed by atoms with E-state index in [0.29, 0.717) is 5.92 Å². The summed E-state index contributed by atoms with van der Waals surface area (Å²) in [5.74, 6) is 1.24. The Bertz CT molecular complexity index is 944. The van der Waals surface area contributed by atoms with E-state index in [1.54, 1.807) is 11.3 Å². The van der Waals surface area contributed by atoms with Crippen molar-refractivity contribution in [2.75, 3.05) is 32.8 Å². The van der Waals surface area contributed by atoms with E-state index < -0.39 is 0 Å². The van der Waals surface area contributed by atoms with E-state index in [0.717, 1.165) is 54.6 Å². The van der Waals surface area contributed by atoms with Crippen LogP contribution in [-0.4, -0.2) is 53.5 Å². The molecule has 1 amide bonds. The Hall–Kier alpha value is -2.44. The first-order valence-corrected chi connectivity index (χ1v) is 11.0. The third-order valence-electron chi connectivity index (χ3n) is 5.31. The Balaban J connectivity index is 1.27. The number of amides is 1. The zero-order chi connectivity index (χ0) is 20.2. The van der Waals surface area contributed by atoms with Gasteiger partial charge in [-0.25, -0.2) is 4.98 Å². The van der Waals surface area contributed by atoms with Crippen molar-refractivity contribution >= 4 is 27.5 Å². The average molecular weight is 410 g/mol. The zero-order valence-electron chi connectivity index (χ0n) is 17.0. The lowest BCUT2D eigenvalue weighted by Crippen LogP contribution is -2.49. The van der Waals surface area contributed by atoms with Gasteiger partial charge in [-0.1, -0.05) is 44.2 Å².